The Labute approximate surface area is 191 Å². The summed E-state index contributed by atoms with van der Waals surface area (Å²) in [5.41, 5.74) is 1.61. The number of piperidine rings is 1. The summed E-state index contributed by atoms with van der Waals surface area (Å²) in [6, 6.07) is 13.5. The summed E-state index contributed by atoms with van der Waals surface area (Å²) in [4.78, 5) is 30.0. The number of carbonyl (C=O) groups is 2. The average Bonchev–Trinajstić information content (AvgIpc) is 3.32. The number of Topliss-reactive ketones (excluding diaryl/α,β-unsaturated/α-hetero) is 1. The lowest BCUT2D eigenvalue weighted by molar-refractivity contribution is -0.134. The van der Waals surface area contributed by atoms with Gasteiger partial charge in [-0.05, 0) is 56.0 Å². The van der Waals surface area contributed by atoms with Crippen LogP contribution in [0.3, 0.4) is 0 Å². The van der Waals surface area contributed by atoms with Crippen LogP contribution in [0, 0.1) is 5.82 Å². The second-order valence-corrected chi connectivity index (χ2v) is 8.28. The Bertz CT molecular complexity index is 1110. The van der Waals surface area contributed by atoms with E-state index in [2.05, 4.69) is 10.1 Å². The lowest BCUT2D eigenvalue weighted by atomic mass is 9.98. The molecule has 1 aliphatic rings. The Kier molecular flexibility index (Phi) is 7.12. The minimum atomic E-state index is -0.362. The van der Waals surface area contributed by atoms with Crippen molar-refractivity contribution in [3.8, 4) is 17.1 Å². The van der Waals surface area contributed by atoms with Gasteiger partial charge in [0, 0.05) is 25.1 Å². The number of benzene rings is 2. The minimum absolute atomic E-state index is 0.0577. The number of hydrogen-bond donors (Lipinski definition) is 0. The number of carbonyl (C=O) groups excluding carboxylic acids is 2. The Morgan fingerprint density at radius 3 is 2.79 bits per heavy atom. The van der Waals surface area contributed by atoms with E-state index >= 15 is 0 Å². The van der Waals surface area contributed by atoms with Crippen LogP contribution in [0.1, 0.15) is 43.6 Å². The van der Waals surface area contributed by atoms with Crippen molar-refractivity contribution < 1.29 is 23.2 Å². The number of ether oxygens (including phenoxy) is 1. The molecular weight excluding hydrogens is 425 g/mol. The Balaban J connectivity index is 1.31. The molecule has 1 unspecified atom stereocenters. The normalized spacial score (nSPS) is 15.9. The molecule has 3 aromatic rings. The fraction of sp³-hybridized carbons (Fsp3) is 0.360. The van der Waals surface area contributed by atoms with Gasteiger partial charge >= 0.3 is 0 Å². The van der Waals surface area contributed by atoms with Crippen molar-refractivity contribution in [1.29, 1.82) is 0 Å². The van der Waals surface area contributed by atoms with E-state index in [0.29, 0.717) is 49.0 Å². The van der Waals surface area contributed by atoms with Gasteiger partial charge in [0.25, 0.3) is 5.91 Å². The third-order valence-corrected chi connectivity index (χ3v) is 5.70. The van der Waals surface area contributed by atoms with Gasteiger partial charge in [0.05, 0.1) is 5.92 Å². The molecule has 1 aliphatic heterocycles. The van der Waals surface area contributed by atoms with Gasteiger partial charge in [0.15, 0.2) is 6.61 Å². The van der Waals surface area contributed by atoms with Gasteiger partial charge in [-0.25, -0.2) is 4.39 Å². The molecule has 33 heavy (non-hydrogen) atoms. The van der Waals surface area contributed by atoms with Gasteiger partial charge in [-0.2, -0.15) is 4.98 Å². The van der Waals surface area contributed by atoms with Crippen molar-refractivity contribution in [2.24, 2.45) is 0 Å². The lowest BCUT2D eigenvalue weighted by Crippen LogP contribution is -2.41. The van der Waals surface area contributed by atoms with Crippen molar-refractivity contribution in [2.75, 3.05) is 19.7 Å². The van der Waals surface area contributed by atoms with E-state index in [4.69, 9.17) is 9.26 Å². The van der Waals surface area contributed by atoms with Crippen molar-refractivity contribution in [1.82, 2.24) is 15.0 Å². The van der Waals surface area contributed by atoms with Crippen molar-refractivity contribution >= 4 is 11.7 Å². The van der Waals surface area contributed by atoms with Crippen LogP contribution in [-0.4, -0.2) is 46.4 Å². The van der Waals surface area contributed by atoms with Crippen LogP contribution in [-0.2, 0) is 16.0 Å². The predicted octanol–water partition coefficient (Wildman–Crippen LogP) is 4.18. The summed E-state index contributed by atoms with van der Waals surface area (Å²) >= 11 is 0. The molecule has 7 nitrogen and oxygen atoms in total. The number of hydrogen-bond acceptors (Lipinski definition) is 6. The molecule has 1 amide bonds. The molecule has 0 spiro atoms. The molecule has 0 bridgehead atoms. The van der Waals surface area contributed by atoms with Crippen molar-refractivity contribution in [3.05, 3.63) is 65.8 Å². The number of amides is 1. The van der Waals surface area contributed by atoms with Crippen molar-refractivity contribution in [3.63, 3.8) is 0 Å². The number of nitrogens with zero attached hydrogens (tertiary/aromatic N) is 3. The highest BCUT2D eigenvalue weighted by Gasteiger charge is 2.29. The van der Waals surface area contributed by atoms with E-state index < -0.39 is 0 Å². The molecule has 2 heterocycles. The summed E-state index contributed by atoms with van der Waals surface area (Å²) in [6.45, 7) is 2.64. The SMILES string of the molecule is CC(=O)CCc1ccc(OCC(=O)N2CCCC(c3nc(-c4cccc(F)c4)no3)C2)cc1. The molecule has 1 saturated heterocycles. The van der Waals surface area contributed by atoms with Crippen molar-refractivity contribution in [2.45, 2.75) is 38.5 Å². The zero-order valence-electron chi connectivity index (χ0n) is 18.5. The summed E-state index contributed by atoms with van der Waals surface area (Å²) in [6.07, 6.45) is 2.86. The number of likely N-dealkylation sites (tertiary alicyclic amines) is 1. The number of ketones is 1. The fourth-order valence-electron chi connectivity index (χ4n) is 3.86. The number of aryl methyl sites for hydroxylation is 1. The van der Waals surface area contributed by atoms with Crippen LogP contribution >= 0.6 is 0 Å². The molecule has 1 aromatic heterocycles. The van der Waals surface area contributed by atoms with E-state index in [-0.39, 0.29) is 30.0 Å². The molecule has 2 aromatic carbocycles. The summed E-state index contributed by atoms with van der Waals surface area (Å²) in [5.74, 6) is 1.02. The maximum Gasteiger partial charge on any atom is 0.260 e. The van der Waals surface area contributed by atoms with E-state index in [1.807, 2.05) is 24.3 Å². The van der Waals surface area contributed by atoms with Crippen LogP contribution in [0.25, 0.3) is 11.4 Å². The first-order chi connectivity index (χ1) is 16.0. The molecular formula is C25H26FN3O4. The highest BCUT2D eigenvalue weighted by molar-refractivity contribution is 5.78. The molecule has 1 fully saturated rings. The molecule has 8 heteroatoms. The van der Waals surface area contributed by atoms with Crippen LogP contribution < -0.4 is 4.74 Å². The molecule has 0 aliphatic carbocycles. The third kappa shape index (κ3) is 6.03. The third-order valence-electron chi connectivity index (χ3n) is 5.70. The van der Waals surface area contributed by atoms with Crippen LogP contribution in [0.2, 0.25) is 0 Å². The van der Waals surface area contributed by atoms with Gasteiger partial charge in [-0.15, -0.1) is 0 Å². The summed E-state index contributed by atoms with van der Waals surface area (Å²) in [5, 5.41) is 3.98. The molecule has 0 radical (unpaired) electrons. The second-order valence-electron chi connectivity index (χ2n) is 8.28. The monoisotopic (exact) mass is 451 g/mol. The maximum absolute atomic E-state index is 13.5. The molecule has 1 atom stereocenters. The quantitative estimate of drug-likeness (QED) is 0.511. The zero-order chi connectivity index (χ0) is 23.2. The maximum atomic E-state index is 13.5. The Morgan fingerprint density at radius 2 is 2.03 bits per heavy atom. The van der Waals surface area contributed by atoms with E-state index in [1.165, 1.54) is 12.1 Å². The summed E-state index contributed by atoms with van der Waals surface area (Å²) in [7, 11) is 0. The molecule has 172 valence electrons. The van der Waals surface area contributed by atoms with Gasteiger partial charge in [0.2, 0.25) is 11.7 Å². The van der Waals surface area contributed by atoms with Crippen LogP contribution in [0.4, 0.5) is 4.39 Å². The van der Waals surface area contributed by atoms with Gasteiger partial charge < -0.3 is 19.0 Å². The van der Waals surface area contributed by atoms with E-state index in [1.54, 1.807) is 24.0 Å². The van der Waals surface area contributed by atoms with Crippen LogP contribution in [0.5, 0.6) is 5.75 Å². The van der Waals surface area contributed by atoms with Gasteiger partial charge in [-0.1, -0.05) is 29.4 Å². The zero-order valence-corrected chi connectivity index (χ0v) is 18.5. The molecule has 0 saturated carbocycles. The lowest BCUT2D eigenvalue weighted by Gasteiger charge is -2.30. The van der Waals surface area contributed by atoms with E-state index in [9.17, 15) is 14.0 Å². The Hall–Kier alpha value is -3.55. The minimum Gasteiger partial charge on any atom is -0.484 e. The second kappa shape index (κ2) is 10.4. The predicted molar refractivity (Wildman–Crippen MR) is 119 cm³/mol. The summed E-state index contributed by atoms with van der Waals surface area (Å²) < 4.78 is 24.6. The van der Waals surface area contributed by atoms with Gasteiger partial charge in [0.1, 0.15) is 17.3 Å². The van der Waals surface area contributed by atoms with E-state index in [0.717, 1.165) is 18.4 Å². The topological polar surface area (TPSA) is 85.5 Å². The number of halogens is 1. The first-order valence-corrected chi connectivity index (χ1v) is 11.1. The first-order valence-electron chi connectivity index (χ1n) is 11.1. The molecule has 0 N–H and O–H groups in total. The largest absolute Gasteiger partial charge is 0.484 e. The number of aromatic nitrogens is 2. The number of rotatable bonds is 8. The fourth-order valence-corrected chi connectivity index (χ4v) is 3.86. The highest BCUT2D eigenvalue weighted by atomic mass is 19.1. The molecule has 4 rings (SSSR count). The Morgan fingerprint density at radius 1 is 1.21 bits per heavy atom. The highest BCUT2D eigenvalue weighted by Crippen LogP contribution is 2.28. The smallest absolute Gasteiger partial charge is 0.260 e. The van der Waals surface area contributed by atoms with Crippen LogP contribution in [0.15, 0.2) is 53.1 Å². The standard InChI is InChI=1S/C25H26FN3O4/c1-17(30)7-8-18-9-11-22(12-10-18)32-16-23(31)29-13-3-5-20(15-29)25-27-24(28-33-25)19-4-2-6-21(26)14-19/h2,4,6,9-12,14,20H,3,5,7-8,13,15-16H2,1H3. The first kappa shape index (κ1) is 22.6. The van der Waals surface area contributed by atoms with Gasteiger partial charge in [-0.3, -0.25) is 4.79 Å². The average molecular weight is 451 g/mol.